The van der Waals surface area contributed by atoms with Crippen molar-refractivity contribution in [1.29, 1.82) is 0 Å². The molecule has 0 aromatic carbocycles. The average molecular weight is 269 g/mol. The van der Waals surface area contributed by atoms with E-state index in [-0.39, 0.29) is 0 Å². The van der Waals surface area contributed by atoms with E-state index >= 15 is 0 Å². The lowest BCUT2D eigenvalue weighted by atomic mass is 10.2. The van der Waals surface area contributed by atoms with Gasteiger partial charge in [0.1, 0.15) is 0 Å². The van der Waals surface area contributed by atoms with Gasteiger partial charge in [-0.1, -0.05) is 6.07 Å². The standard InChI is InChI=1S/C15H19N5/c16-6-12-7-19-20(10-12)11-15-9-17-8-14(13-3-4-13)2-1-5-18-15/h1-2,5,7-10,13,17H,3-4,6,11,16H2. The smallest absolute Gasteiger partial charge is 0.0846 e. The molecule has 0 saturated heterocycles. The van der Waals surface area contributed by atoms with Crippen molar-refractivity contribution >= 4 is 0 Å². The van der Waals surface area contributed by atoms with E-state index in [1.807, 2.05) is 29.3 Å². The number of hydrogen-bond donors (Lipinski definition) is 2. The van der Waals surface area contributed by atoms with Crippen LogP contribution in [0.1, 0.15) is 35.6 Å². The number of rotatable bonds is 4. The number of H-pyrrole nitrogens is 1. The van der Waals surface area contributed by atoms with Gasteiger partial charge in [-0.3, -0.25) is 9.67 Å². The Hall–Kier alpha value is -2.14. The minimum atomic E-state index is 0.511. The van der Waals surface area contributed by atoms with E-state index in [1.54, 1.807) is 6.20 Å². The number of hydrogen-bond acceptors (Lipinski definition) is 3. The molecule has 20 heavy (non-hydrogen) atoms. The average Bonchev–Trinajstić information content (AvgIpc) is 3.18. The molecule has 3 N–H and O–H groups in total. The second-order valence-electron chi connectivity index (χ2n) is 5.11. The molecule has 0 unspecified atom stereocenters. The van der Waals surface area contributed by atoms with Gasteiger partial charge < -0.3 is 10.7 Å². The van der Waals surface area contributed by atoms with E-state index in [0.29, 0.717) is 13.1 Å². The van der Waals surface area contributed by atoms with E-state index < -0.39 is 0 Å². The molecule has 0 bridgehead atoms. The molecule has 5 nitrogen and oxygen atoms in total. The van der Waals surface area contributed by atoms with Crippen LogP contribution in [0.4, 0.5) is 0 Å². The Morgan fingerprint density at radius 1 is 1.35 bits per heavy atom. The number of aromatic amines is 1. The lowest BCUT2D eigenvalue weighted by Crippen LogP contribution is -2.01. The molecular formula is C15H19N5. The molecule has 2 aromatic rings. The summed E-state index contributed by atoms with van der Waals surface area (Å²) in [5.41, 5.74) is 8.89. The fraction of sp³-hybridized carbons (Fsp3) is 0.333. The molecule has 0 spiro atoms. The van der Waals surface area contributed by atoms with Gasteiger partial charge in [0.15, 0.2) is 0 Å². The van der Waals surface area contributed by atoms with Crippen molar-refractivity contribution in [1.82, 2.24) is 19.7 Å². The van der Waals surface area contributed by atoms with Crippen molar-refractivity contribution in [2.75, 3.05) is 0 Å². The van der Waals surface area contributed by atoms with Crippen molar-refractivity contribution in [3.8, 4) is 0 Å². The van der Waals surface area contributed by atoms with Crippen LogP contribution in [-0.2, 0) is 13.1 Å². The monoisotopic (exact) mass is 269 g/mol. The highest BCUT2D eigenvalue weighted by Gasteiger charge is 2.22. The SMILES string of the molecule is NCc1cnn(Cc2c[nH]cc(C3CC3)cccn2)c1. The van der Waals surface area contributed by atoms with Gasteiger partial charge in [0.25, 0.3) is 0 Å². The first kappa shape index (κ1) is 12.9. The fourth-order valence-corrected chi connectivity index (χ4v) is 2.13. The second-order valence-corrected chi connectivity index (χ2v) is 5.11. The topological polar surface area (TPSA) is 72.5 Å². The maximum atomic E-state index is 5.59. The predicted octanol–water partition coefficient (Wildman–Crippen LogP) is 2.11. The van der Waals surface area contributed by atoms with Crippen LogP contribution in [0, 0.1) is 0 Å². The molecule has 1 aliphatic rings. The Balaban J connectivity index is 1.82. The quantitative estimate of drug-likeness (QED) is 0.893. The summed E-state index contributed by atoms with van der Waals surface area (Å²) in [6.45, 7) is 1.14. The fourth-order valence-electron chi connectivity index (χ4n) is 2.13. The largest absolute Gasteiger partial charge is 0.366 e. The second kappa shape index (κ2) is 5.88. The molecule has 5 heteroatoms. The zero-order valence-electron chi connectivity index (χ0n) is 11.4. The highest BCUT2D eigenvalue weighted by atomic mass is 15.3. The number of nitrogens with zero attached hydrogens (tertiary/aromatic N) is 3. The third-order valence-corrected chi connectivity index (χ3v) is 3.41. The molecular weight excluding hydrogens is 250 g/mol. The summed E-state index contributed by atoms with van der Waals surface area (Å²) < 4.78 is 1.85. The Kier molecular flexibility index (Phi) is 3.78. The Morgan fingerprint density at radius 3 is 3.00 bits per heavy atom. The van der Waals surface area contributed by atoms with Crippen molar-refractivity contribution in [2.45, 2.75) is 31.8 Å². The van der Waals surface area contributed by atoms with Crippen LogP contribution in [0.3, 0.4) is 0 Å². The number of nitrogens with two attached hydrogens (primary N) is 1. The van der Waals surface area contributed by atoms with Gasteiger partial charge in [-0.05, 0) is 30.4 Å². The lowest BCUT2D eigenvalue weighted by molar-refractivity contribution is 0.671. The first-order valence-corrected chi connectivity index (χ1v) is 6.92. The maximum Gasteiger partial charge on any atom is 0.0846 e. The molecule has 1 aliphatic carbocycles. The molecule has 2 heterocycles. The van der Waals surface area contributed by atoms with Gasteiger partial charge in [-0.2, -0.15) is 5.10 Å². The van der Waals surface area contributed by atoms with Crippen LogP contribution in [0.5, 0.6) is 0 Å². The van der Waals surface area contributed by atoms with Crippen molar-refractivity contribution < 1.29 is 0 Å². The number of nitrogens with one attached hydrogen (secondary N) is 1. The van der Waals surface area contributed by atoms with Gasteiger partial charge >= 0.3 is 0 Å². The van der Waals surface area contributed by atoms with Gasteiger partial charge in [-0.25, -0.2) is 0 Å². The highest BCUT2D eigenvalue weighted by Crippen LogP contribution is 2.39. The molecule has 0 amide bonds. The van der Waals surface area contributed by atoms with Gasteiger partial charge in [0, 0.05) is 36.9 Å². The molecule has 1 saturated carbocycles. The van der Waals surface area contributed by atoms with Crippen molar-refractivity contribution in [2.24, 2.45) is 5.73 Å². The van der Waals surface area contributed by atoms with Crippen LogP contribution in [0.25, 0.3) is 0 Å². The van der Waals surface area contributed by atoms with Gasteiger partial charge in [0.2, 0.25) is 0 Å². The van der Waals surface area contributed by atoms with E-state index in [1.165, 1.54) is 18.4 Å². The molecule has 2 aromatic heterocycles. The van der Waals surface area contributed by atoms with E-state index in [0.717, 1.165) is 17.2 Å². The van der Waals surface area contributed by atoms with Crippen LogP contribution in [-0.4, -0.2) is 19.7 Å². The van der Waals surface area contributed by atoms with Gasteiger partial charge in [-0.15, -0.1) is 0 Å². The highest BCUT2D eigenvalue weighted by molar-refractivity contribution is 5.18. The summed E-state index contributed by atoms with van der Waals surface area (Å²) in [4.78, 5) is 7.68. The summed E-state index contributed by atoms with van der Waals surface area (Å²) in [5.74, 6) is 0.723. The van der Waals surface area contributed by atoms with Crippen LogP contribution >= 0.6 is 0 Å². The third kappa shape index (κ3) is 3.24. The lowest BCUT2D eigenvalue weighted by Gasteiger charge is -1.98. The Bertz CT molecular complexity index is 623. The summed E-state index contributed by atoms with van der Waals surface area (Å²) in [6.07, 6.45) is 12.2. The Morgan fingerprint density at radius 2 is 2.25 bits per heavy atom. The minimum Gasteiger partial charge on any atom is -0.366 e. The van der Waals surface area contributed by atoms with Crippen LogP contribution < -0.4 is 5.73 Å². The van der Waals surface area contributed by atoms with Crippen molar-refractivity contribution in [3.63, 3.8) is 0 Å². The summed E-state index contributed by atoms with van der Waals surface area (Å²) in [5, 5.41) is 4.27. The molecule has 104 valence electrons. The first-order chi connectivity index (χ1) is 9.85. The molecule has 1 fully saturated rings. The van der Waals surface area contributed by atoms with E-state index in [4.69, 9.17) is 5.73 Å². The zero-order chi connectivity index (χ0) is 13.8. The first-order valence-electron chi connectivity index (χ1n) is 6.92. The van der Waals surface area contributed by atoms with Crippen LogP contribution in [0.2, 0.25) is 0 Å². The van der Waals surface area contributed by atoms with Gasteiger partial charge in [0.05, 0.1) is 18.4 Å². The van der Waals surface area contributed by atoms with Crippen LogP contribution in [0.15, 0.2) is 43.1 Å². The number of aromatic nitrogens is 4. The summed E-state index contributed by atoms with van der Waals surface area (Å²) >= 11 is 0. The molecule has 0 atom stereocenters. The molecule has 0 radical (unpaired) electrons. The molecule has 3 rings (SSSR count). The maximum absolute atomic E-state index is 5.59. The van der Waals surface area contributed by atoms with E-state index in [2.05, 4.69) is 27.3 Å². The summed E-state index contributed by atoms with van der Waals surface area (Å²) in [7, 11) is 0. The summed E-state index contributed by atoms with van der Waals surface area (Å²) in [6, 6.07) is 4.13. The molecule has 0 aliphatic heterocycles. The predicted molar refractivity (Wildman–Crippen MR) is 77.4 cm³/mol. The van der Waals surface area contributed by atoms with Crippen molar-refractivity contribution in [3.05, 3.63) is 59.9 Å². The minimum absolute atomic E-state index is 0.511. The normalized spacial score (nSPS) is 14.1. The van der Waals surface area contributed by atoms with E-state index in [9.17, 15) is 0 Å². The third-order valence-electron chi connectivity index (χ3n) is 3.41. The zero-order valence-corrected chi connectivity index (χ0v) is 11.4. The Labute approximate surface area is 118 Å².